The Hall–Kier alpha value is -4.09. The number of fused-ring (bicyclic) bond motifs is 5. The first-order chi connectivity index (χ1) is 16.1. The highest BCUT2D eigenvalue weighted by atomic mass is 35.5. The molecule has 160 valence electrons. The fraction of sp³-hybridized carbons (Fsp3) is 0.0370. The monoisotopic (exact) mass is 452 g/mol. The summed E-state index contributed by atoms with van der Waals surface area (Å²) in [6.45, 7) is 0.491. The average molecular weight is 453 g/mol. The van der Waals surface area contributed by atoms with Gasteiger partial charge in [-0.2, -0.15) is 0 Å². The van der Waals surface area contributed by atoms with Crippen LogP contribution < -0.4 is 16.2 Å². The zero-order valence-electron chi connectivity index (χ0n) is 17.3. The van der Waals surface area contributed by atoms with Crippen molar-refractivity contribution in [1.29, 1.82) is 0 Å². The molecule has 5 aromatic carbocycles. The first kappa shape index (κ1) is 19.6. The first-order valence-electron chi connectivity index (χ1n) is 10.5. The van der Waals surface area contributed by atoms with Gasteiger partial charge in [0, 0.05) is 34.5 Å². The number of nitrogens with one attached hydrogen (secondary N) is 2. The minimum atomic E-state index is -0.215. The van der Waals surface area contributed by atoms with E-state index >= 15 is 0 Å². The Morgan fingerprint density at radius 1 is 0.788 bits per heavy atom. The van der Waals surface area contributed by atoms with E-state index in [1.807, 2.05) is 30.3 Å². The van der Waals surface area contributed by atoms with Crippen LogP contribution in [0.5, 0.6) is 0 Å². The SMILES string of the molecule is O=c1c2ccccc2c(=O)c2c1c(NCc1ccccc1)cc1oc3cc(Cl)ccc3[nH]c12. The van der Waals surface area contributed by atoms with Gasteiger partial charge in [-0.25, -0.2) is 0 Å². The minimum absolute atomic E-state index is 0.192. The highest BCUT2D eigenvalue weighted by Crippen LogP contribution is 2.32. The number of H-pyrrole nitrogens is 1. The Morgan fingerprint density at radius 3 is 2.24 bits per heavy atom. The van der Waals surface area contributed by atoms with Crippen molar-refractivity contribution >= 4 is 61.0 Å². The summed E-state index contributed by atoms with van der Waals surface area (Å²) in [5.41, 5.74) is 3.37. The molecule has 0 aliphatic rings. The highest BCUT2D eigenvalue weighted by Gasteiger charge is 2.19. The lowest BCUT2D eigenvalue weighted by Gasteiger charge is -2.13. The van der Waals surface area contributed by atoms with Gasteiger partial charge in [0.25, 0.3) is 0 Å². The number of hydrogen-bond acceptors (Lipinski definition) is 4. The molecule has 1 heterocycles. The van der Waals surface area contributed by atoms with Gasteiger partial charge in [-0.15, -0.1) is 0 Å². The molecule has 0 aliphatic heterocycles. The molecule has 0 unspecified atom stereocenters. The molecular formula is C27H17ClN2O3. The van der Waals surface area contributed by atoms with Crippen LogP contribution in [0, 0.1) is 0 Å². The van der Waals surface area contributed by atoms with E-state index in [-0.39, 0.29) is 10.9 Å². The summed E-state index contributed by atoms with van der Waals surface area (Å²) in [6.07, 6.45) is 0. The summed E-state index contributed by atoms with van der Waals surface area (Å²) >= 11 is 6.15. The zero-order chi connectivity index (χ0) is 22.5. The van der Waals surface area contributed by atoms with Crippen molar-refractivity contribution in [1.82, 2.24) is 4.98 Å². The Bertz CT molecular complexity index is 1820. The van der Waals surface area contributed by atoms with Crippen molar-refractivity contribution in [2.75, 3.05) is 5.32 Å². The second-order valence-corrected chi connectivity index (χ2v) is 8.39. The topological polar surface area (TPSA) is 75.1 Å². The molecule has 33 heavy (non-hydrogen) atoms. The van der Waals surface area contributed by atoms with Gasteiger partial charge < -0.3 is 14.7 Å². The molecule has 0 saturated heterocycles. The van der Waals surface area contributed by atoms with E-state index < -0.39 is 0 Å². The third-order valence-electron chi connectivity index (χ3n) is 5.91. The van der Waals surface area contributed by atoms with Gasteiger partial charge in [0.05, 0.1) is 27.5 Å². The molecule has 0 spiro atoms. The number of aromatic nitrogens is 1. The summed E-state index contributed by atoms with van der Waals surface area (Å²) < 4.78 is 6.14. The van der Waals surface area contributed by atoms with Crippen LogP contribution in [0.15, 0.2) is 92.9 Å². The molecule has 0 radical (unpaired) electrons. The Kier molecular flexibility index (Phi) is 4.45. The Labute approximate surface area is 192 Å². The lowest BCUT2D eigenvalue weighted by atomic mass is 9.99. The number of anilines is 1. The minimum Gasteiger partial charge on any atom is -0.453 e. The van der Waals surface area contributed by atoms with Crippen LogP contribution in [-0.4, -0.2) is 4.98 Å². The highest BCUT2D eigenvalue weighted by molar-refractivity contribution is 6.31. The second kappa shape index (κ2) is 7.50. The molecule has 0 amide bonds. The van der Waals surface area contributed by atoms with E-state index in [2.05, 4.69) is 10.3 Å². The van der Waals surface area contributed by atoms with Crippen LogP contribution in [0.1, 0.15) is 5.56 Å². The lowest BCUT2D eigenvalue weighted by Crippen LogP contribution is -2.16. The lowest BCUT2D eigenvalue weighted by molar-refractivity contribution is 0.657. The molecule has 6 aromatic rings. The van der Waals surface area contributed by atoms with Gasteiger partial charge in [-0.1, -0.05) is 66.2 Å². The van der Waals surface area contributed by atoms with Crippen molar-refractivity contribution in [3.63, 3.8) is 0 Å². The predicted molar refractivity (Wildman–Crippen MR) is 134 cm³/mol. The number of rotatable bonds is 3. The van der Waals surface area contributed by atoms with Gasteiger partial charge in [0.15, 0.2) is 22.0 Å². The van der Waals surface area contributed by atoms with Gasteiger partial charge >= 0.3 is 0 Å². The molecule has 5 nitrogen and oxygen atoms in total. The standard InChI is InChI=1S/C27H17ClN2O3/c28-16-10-11-19-21(12-16)33-22-13-20(29-14-15-6-2-1-3-7-15)23-24(25(22)30-19)27(32)18-9-5-4-8-17(18)26(23)31/h1-13,29-30H,14H2. The van der Waals surface area contributed by atoms with E-state index in [0.717, 1.165) is 5.56 Å². The van der Waals surface area contributed by atoms with E-state index in [4.69, 9.17) is 16.0 Å². The normalized spacial score (nSPS) is 11.5. The summed E-state index contributed by atoms with van der Waals surface area (Å²) in [5.74, 6) is 0. The van der Waals surface area contributed by atoms with Crippen molar-refractivity contribution in [2.24, 2.45) is 0 Å². The van der Waals surface area contributed by atoms with E-state index in [1.54, 1.807) is 48.5 Å². The number of benzene rings is 5. The smallest absolute Gasteiger partial charge is 0.196 e. The molecule has 6 heteroatoms. The largest absolute Gasteiger partial charge is 0.453 e. The first-order valence-corrected chi connectivity index (χ1v) is 10.9. The number of hydrogen-bond donors (Lipinski definition) is 2. The fourth-order valence-electron chi connectivity index (χ4n) is 4.34. The fourth-order valence-corrected chi connectivity index (χ4v) is 4.51. The molecule has 0 bridgehead atoms. The van der Waals surface area contributed by atoms with Gasteiger partial charge in [0.1, 0.15) is 0 Å². The van der Waals surface area contributed by atoms with Crippen LogP contribution in [0.25, 0.3) is 43.7 Å². The maximum Gasteiger partial charge on any atom is 0.196 e. The number of halogens is 1. The van der Waals surface area contributed by atoms with Crippen LogP contribution >= 0.6 is 11.6 Å². The summed E-state index contributed by atoms with van der Waals surface area (Å²) in [7, 11) is 0. The molecule has 0 fully saturated rings. The summed E-state index contributed by atoms with van der Waals surface area (Å²) in [6, 6.07) is 23.8. The molecular weight excluding hydrogens is 436 g/mol. The molecule has 2 N–H and O–H groups in total. The Morgan fingerprint density at radius 2 is 1.48 bits per heavy atom. The maximum atomic E-state index is 13.6. The second-order valence-electron chi connectivity index (χ2n) is 7.96. The molecule has 0 atom stereocenters. The van der Waals surface area contributed by atoms with E-state index in [9.17, 15) is 9.59 Å². The van der Waals surface area contributed by atoms with Crippen molar-refractivity contribution < 1.29 is 4.42 Å². The van der Waals surface area contributed by atoms with Crippen molar-refractivity contribution in [2.45, 2.75) is 6.54 Å². The molecule has 0 aliphatic carbocycles. The molecule has 6 rings (SSSR count). The number of aromatic amines is 1. The van der Waals surface area contributed by atoms with E-state index in [1.165, 1.54) is 0 Å². The van der Waals surface area contributed by atoms with Crippen LogP contribution in [0.4, 0.5) is 5.69 Å². The van der Waals surface area contributed by atoms with Gasteiger partial charge in [-0.05, 0) is 17.7 Å². The van der Waals surface area contributed by atoms with Crippen LogP contribution in [0.3, 0.4) is 0 Å². The zero-order valence-corrected chi connectivity index (χ0v) is 18.1. The quantitative estimate of drug-likeness (QED) is 0.247. The third-order valence-corrected chi connectivity index (χ3v) is 6.15. The van der Waals surface area contributed by atoms with Crippen LogP contribution in [-0.2, 0) is 6.54 Å². The Balaban J connectivity index is 1.73. The molecule has 1 aromatic heterocycles. The van der Waals surface area contributed by atoms with Crippen LogP contribution in [0.2, 0.25) is 5.02 Å². The van der Waals surface area contributed by atoms with Gasteiger partial charge in [-0.3, -0.25) is 9.59 Å². The van der Waals surface area contributed by atoms with Crippen molar-refractivity contribution in [3.05, 3.63) is 110 Å². The molecule has 0 saturated carbocycles. The van der Waals surface area contributed by atoms with E-state index in [0.29, 0.717) is 61.0 Å². The van der Waals surface area contributed by atoms with Crippen molar-refractivity contribution in [3.8, 4) is 0 Å². The summed E-state index contributed by atoms with van der Waals surface area (Å²) in [5, 5.41) is 5.35. The van der Waals surface area contributed by atoms with Gasteiger partial charge in [0.2, 0.25) is 0 Å². The third kappa shape index (κ3) is 3.17. The average Bonchev–Trinajstić information content (AvgIpc) is 2.84. The summed E-state index contributed by atoms with van der Waals surface area (Å²) in [4.78, 5) is 30.5. The predicted octanol–water partition coefficient (Wildman–Crippen LogP) is 6.21. The maximum absolute atomic E-state index is 13.6.